The van der Waals surface area contributed by atoms with Gasteiger partial charge < -0.3 is 15.2 Å². The van der Waals surface area contributed by atoms with Crippen LogP contribution in [0.5, 0.6) is 0 Å². The van der Waals surface area contributed by atoms with Crippen molar-refractivity contribution in [1.82, 2.24) is 4.98 Å². The molecule has 0 fully saturated rings. The van der Waals surface area contributed by atoms with E-state index in [1.165, 1.54) is 0 Å². The third-order valence-corrected chi connectivity index (χ3v) is 3.60. The predicted octanol–water partition coefficient (Wildman–Crippen LogP) is 2.43. The van der Waals surface area contributed by atoms with Gasteiger partial charge in [-0.15, -0.1) is 11.3 Å². The van der Waals surface area contributed by atoms with E-state index in [2.05, 4.69) is 29.2 Å². The Labute approximate surface area is 117 Å². The molecular formula is C14H18N2O2S. The molecule has 1 heterocycles. The minimum absolute atomic E-state index is 0.488. The van der Waals surface area contributed by atoms with Crippen molar-refractivity contribution in [2.45, 2.75) is 13.2 Å². The smallest absolute Gasteiger partial charge is 0.123 e. The fraction of sp³-hybridized carbons (Fsp3) is 0.357. The van der Waals surface area contributed by atoms with Crippen molar-refractivity contribution in [1.29, 1.82) is 0 Å². The summed E-state index contributed by atoms with van der Waals surface area (Å²) in [6.45, 7) is 2.33. The van der Waals surface area contributed by atoms with Gasteiger partial charge in [0.15, 0.2) is 0 Å². The molecule has 2 rings (SSSR count). The number of rotatable bonds is 7. The van der Waals surface area contributed by atoms with Crippen LogP contribution in [0.2, 0.25) is 0 Å². The summed E-state index contributed by atoms with van der Waals surface area (Å²) in [5.41, 5.74) is 8.76. The lowest BCUT2D eigenvalue weighted by Crippen LogP contribution is -2.01. The Balaban J connectivity index is 1.94. The quantitative estimate of drug-likeness (QED) is 0.790. The molecule has 0 saturated carbocycles. The average Bonchev–Trinajstić information content (AvgIpc) is 2.93. The largest absolute Gasteiger partial charge is 0.382 e. The first-order valence-corrected chi connectivity index (χ1v) is 7.02. The number of methoxy groups -OCH3 is 1. The first kappa shape index (κ1) is 14.1. The molecular weight excluding hydrogens is 260 g/mol. The number of ether oxygens (including phenoxy) is 2. The molecule has 2 aromatic rings. The predicted molar refractivity (Wildman–Crippen MR) is 77.0 cm³/mol. The minimum atomic E-state index is 0.488. The summed E-state index contributed by atoms with van der Waals surface area (Å²) in [4.78, 5) is 4.46. The highest BCUT2D eigenvalue weighted by molar-refractivity contribution is 7.13. The van der Waals surface area contributed by atoms with E-state index in [0.29, 0.717) is 26.4 Å². The van der Waals surface area contributed by atoms with Gasteiger partial charge in [-0.1, -0.05) is 24.3 Å². The summed E-state index contributed by atoms with van der Waals surface area (Å²) in [6.07, 6.45) is 0. The second kappa shape index (κ2) is 7.35. The molecule has 5 heteroatoms. The van der Waals surface area contributed by atoms with Crippen LogP contribution in [0.25, 0.3) is 10.6 Å². The first-order chi connectivity index (χ1) is 9.33. The molecule has 2 N–H and O–H groups in total. The summed E-state index contributed by atoms with van der Waals surface area (Å²) in [5, 5.41) is 3.00. The second-order valence-corrected chi connectivity index (χ2v) is 4.95. The SMILES string of the molecule is COCCOCc1ccc(-c2nc(CN)cs2)cc1. The van der Waals surface area contributed by atoms with Gasteiger partial charge in [-0.2, -0.15) is 0 Å². The van der Waals surface area contributed by atoms with Crippen LogP contribution in [0, 0.1) is 0 Å². The first-order valence-electron chi connectivity index (χ1n) is 6.14. The van der Waals surface area contributed by atoms with Gasteiger partial charge in [0.2, 0.25) is 0 Å². The van der Waals surface area contributed by atoms with Crippen molar-refractivity contribution in [2.24, 2.45) is 5.73 Å². The molecule has 0 spiro atoms. The van der Waals surface area contributed by atoms with Crippen LogP contribution in [-0.4, -0.2) is 25.3 Å². The van der Waals surface area contributed by atoms with Gasteiger partial charge in [0.25, 0.3) is 0 Å². The summed E-state index contributed by atoms with van der Waals surface area (Å²) in [7, 11) is 1.67. The summed E-state index contributed by atoms with van der Waals surface area (Å²) in [6, 6.07) is 8.25. The van der Waals surface area contributed by atoms with E-state index in [9.17, 15) is 0 Å². The molecule has 1 aromatic heterocycles. The Hall–Kier alpha value is -1.27. The normalized spacial score (nSPS) is 10.8. The lowest BCUT2D eigenvalue weighted by molar-refractivity contribution is 0.0617. The van der Waals surface area contributed by atoms with Crippen LogP contribution >= 0.6 is 11.3 Å². The molecule has 0 aliphatic heterocycles. The van der Waals surface area contributed by atoms with Crippen LogP contribution in [-0.2, 0) is 22.6 Å². The summed E-state index contributed by atoms with van der Waals surface area (Å²) >= 11 is 1.62. The van der Waals surface area contributed by atoms with Gasteiger partial charge >= 0.3 is 0 Å². The zero-order valence-electron chi connectivity index (χ0n) is 11.0. The van der Waals surface area contributed by atoms with Gasteiger partial charge in [0.1, 0.15) is 5.01 Å². The van der Waals surface area contributed by atoms with Crippen molar-refractivity contribution >= 4 is 11.3 Å². The number of hydrogen-bond donors (Lipinski definition) is 1. The molecule has 19 heavy (non-hydrogen) atoms. The highest BCUT2D eigenvalue weighted by Crippen LogP contribution is 2.24. The lowest BCUT2D eigenvalue weighted by Gasteiger charge is -2.04. The van der Waals surface area contributed by atoms with E-state index in [4.69, 9.17) is 15.2 Å². The van der Waals surface area contributed by atoms with Crippen LogP contribution < -0.4 is 5.73 Å². The average molecular weight is 278 g/mol. The number of nitrogens with two attached hydrogens (primary N) is 1. The molecule has 0 aliphatic carbocycles. The van der Waals surface area contributed by atoms with E-state index < -0.39 is 0 Å². The monoisotopic (exact) mass is 278 g/mol. The topological polar surface area (TPSA) is 57.4 Å². The number of thiazole rings is 1. The fourth-order valence-corrected chi connectivity index (χ4v) is 2.45. The summed E-state index contributed by atoms with van der Waals surface area (Å²) in [5.74, 6) is 0. The zero-order valence-corrected chi connectivity index (χ0v) is 11.8. The highest BCUT2D eigenvalue weighted by Gasteiger charge is 2.03. The van der Waals surface area contributed by atoms with Crippen molar-refractivity contribution in [3.63, 3.8) is 0 Å². The second-order valence-electron chi connectivity index (χ2n) is 4.09. The highest BCUT2D eigenvalue weighted by atomic mass is 32.1. The molecule has 0 bridgehead atoms. The molecule has 0 radical (unpaired) electrons. The van der Waals surface area contributed by atoms with Crippen LogP contribution in [0.15, 0.2) is 29.6 Å². The third kappa shape index (κ3) is 4.11. The Morgan fingerprint density at radius 3 is 2.63 bits per heavy atom. The molecule has 0 amide bonds. The Kier molecular flexibility index (Phi) is 5.47. The van der Waals surface area contributed by atoms with Crippen LogP contribution in [0.1, 0.15) is 11.3 Å². The maximum absolute atomic E-state index is 5.56. The van der Waals surface area contributed by atoms with Crippen LogP contribution in [0.3, 0.4) is 0 Å². The van der Waals surface area contributed by atoms with Crippen molar-refractivity contribution in [3.8, 4) is 10.6 Å². The van der Waals surface area contributed by atoms with Crippen molar-refractivity contribution in [3.05, 3.63) is 40.9 Å². The van der Waals surface area contributed by atoms with E-state index >= 15 is 0 Å². The molecule has 0 saturated heterocycles. The number of benzene rings is 1. The third-order valence-electron chi connectivity index (χ3n) is 2.66. The summed E-state index contributed by atoms with van der Waals surface area (Å²) < 4.78 is 10.4. The molecule has 0 aliphatic rings. The van der Waals surface area contributed by atoms with E-state index in [1.807, 2.05) is 5.38 Å². The molecule has 4 nitrogen and oxygen atoms in total. The Bertz CT molecular complexity index is 496. The Morgan fingerprint density at radius 1 is 1.21 bits per heavy atom. The maximum atomic E-state index is 5.56. The molecule has 0 atom stereocenters. The standard InChI is InChI=1S/C14H18N2O2S/c1-17-6-7-18-9-11-2-4-12(5-3-11)14-16-13(8-15)10-19-14/h2-5,10H,6-9,15H2,1H3. The number of nitrogens with zero attached hydrogens (tertiary/aromatic N) is 1. The van der Waals surface area contributed by atoms with Gasteiger partial charge in [-0.05, 0) is 5.56 Å². The molecule has 1 aromatic carbocycles. The van der Waals surface area contributed by atoms with Crippen LogP contribution in [0.4, 0.5) is 0 Å². The van der Waals surface area contributed by atoms with Gasteiger partial charge in [-0.25, -0.2) is 4.98 Å². The maximum Gasteiger partial charge on any atom is 0.123 e. The van der Waals surface area contributed by atoms with E-state index in [0.717, 1.165) is 21.8 Å². The zero-order chi connectivity index (χ0) is 13.5. The van der Waals surface area contributed by atoms with Gasteiger partial charge in [0, 0.05) is 24.6 Å². The number of aromatic nitrogens is 1. The van der Waals surface area contributed by atoms with Gasteiger partial charge in [0.05, 0.1) is 25.5 Å². The van der Waals surface area contributed by atoms with E-state index in [-0.39, 0.29) is 0 Å². The van der Waals surface area contributed by atoms with Crippen molar-refractivity contribution in [2.75, 3.05) is 20.3 Å². The molecule has 102 valence electrons. The Morgan fingerprint density at radius 2 is 2.00 bits per heavy atom. The number of hydrogen-bond acceptors (Lipinski definition) is 5. The van der Waals surface area contributed by atoms with Crippen molar-refractivity contribution < 1.29 is 9.47 Å². The molecule has 0 unspecified atom stereocenters. The van der Waals surface area contributed by atoms with E-state index in [1.54, 1.807) is 18.4 Å². The fourth-order valence-electron chi connectivity index (χ4n) is 1.61. The lowest BCUT2D eigenvalue weighted by atomic mass is 10.1. The minimum Gasteiger partial charge on any atom is -0.382 e. The van der Waals surface area contributed by atoms with Gasteiger partial charge in [-0.3, -0.25) is 0 Å².